The van der Waals surface area contributed by atoms with Gasteiger partial charge in [0.15, 0.2) is 0 Å². The van der Waals surface area contributed by atoms with Crippen molar-refractivity contribution in [3.63, 3.8) is 0 Å². The third-order valence-electron chi connectivity index (χ3n) is 4.55. The van der Waals surface area contributed by atoms with Crippen molar-refractivity contribution in [3.05, 3.63) is 0 Å². The van der Waals surface area contributed by atoms with Crippen LogP contribution in [0.4, 0.5) is 0 Å². The molecule has 1 aliphatic carbocycles. The Morgan fingerprint density at radius 2 is 1.67 bits per heavy atom. The van der Waals surface area contributed by atoms with Crippen molar-refractivity contribution in [1.29, 1.82) is 0 Å². The summed E-state index contributed by atoms with van der Waals surface area (Å²) in [7, 11) is 3.22. The minimum absolute atomic E-state index is 0.799. The van der Waals surface area contributed by atoms with Crippen molar-refractivity contribution < 1.29 is 0 Å². The Labute approximate surface area is 103 Å². The summed E-state index contributed by atoms with van der Waals surface area (Å²) >= 11 is -1.79. The molecule has 0 radical (unpaired) electrons. The second-order valence-corrected chi connectivity index (χ2v) is 22.9. The van der Waals surface area contributed by atoms with E-state index >= 15 is 0 Å². The summed E-state index contributed by atoms with van der Waals surface area (Å²) in [5, 5.41) is 0. The van der Waals surface area contributed by atoms with Gasteiger partial charge in [0.25, 0.3) is 0 Å². The monoisotopic (exact) mass is 336 g/mol. The van der Waals surface area contributed by atoms with E-state index in [0.717, 1.165) is 9.09 Å². The van der Waals surface area contributed by atoms with Crippen LogP contribution in [-0.2, 0) is 0 Å². The molecule has 0 bridgehead atoms. The van der Waals surface area contributed by atoms with E-state index in [9.17, 15) is 0 Å². The third-order valence-corrected chi connectivity index (χ3v) is 17.5. The second kappa shape index (κ2) is 5.71. The molecule has 2 unspecified atom stereocenters. The van der Waals surface area contributed by atoms with Crippen LogP contribution in [0, 0.1) is 0 Å². The molecule has 1 saturated carbocycles. The SMILES string of the molecule is CCCC(P)[C]1([Sn]([CH3])([CH3])[CH3])CCCCC1. The predicted molar refractivity (Wildman–Crippen MR) is 77.5 cm³/mol. The number of hydrogen-bond acceptors (Lipinski definition) is 0. The Morgan fingerprint density at radius 3 is 2.07 bits per heavy atom. The van der Waals surface area contributed by atoms with Gasteiger partial charge in [0.05, 0.1) is 0 Å². The maximum atomic E-state index is 3.22. The van der Waals surface area contributed by atoms with Crippen molar-refractivity contribution in [2.24, 2.45) is 0 Å². The summed E-state index contributed by atoms with van der Waals surface area (Å²) < 4.78 is 0.799. The zero-order valence-corrected chi connectivity index (χ0v) is 15.1. The van der Waals surface area contributed by atoms with Gasteiger partial charge in [0, 0.05) is 0 Å². The number of rotatable bonds is 4. The first-order chi connectivity index (χ1) is 6.94. The molecule has 0 N–H and O–H groups in total. The van der Waals surface area contributed by atoms with Crippen LogP contribution in [0.5, 0.6) is 0 Å². The van der Waals surface area contributed by atoms with E-state index in [1.54, 1.807) is 12.8 Å². The summed E-state index contributed by atoms with van der Waals surface area (Å²) in [4.78, 5) is 7.98. The van der Waals surface area contributed by atoms with Gasteiger partial charge in [0.2, 0.25) is 0 Å². The Hall–Kier alpha value is 1.23. The first-order valence-corrected chi connectivity index (χ1v) is 17.4. The van der Waals surface area contributed by atoms with Crippen molar-refractivity contribution in [1.82, 2.24) is 0 Å². The van der Waals surface area contributed by atoms with E-state index in [2.05, 4.69) is 31.0 Å². The molecule has 0 aromatic rings. The van der Waals surface area contributed by atoms with Gasteiger partial charge in [-0.25, -0.2) is 0 Å². The normalized spacial score (nSPS) is 23.8. The molecule has 0 nitrogen and oxygen atoms in total. The molecule has 1 aliphatic rings. The van der Waals surface area contributed by atoms with Crippen LogP contribution in [0.25, 0.3) is 0 Å². The van der Waals surface area contributed by atoms with Gasteiger partial charge in [-0.2, -0.15) is 0 Å². The van der Waals surface area contributed by atoms with Crippen molar-refractivity contribution in [2.75, 3.05) is 0 Å². The molecule has 0 heterocycles. The summed E-state index contributed by atoms with van der Waals surface area (Å²) in [5.41, 5.74) is 0.915. The van der Waals surface area contributed by atoms with E-state index < -0.39 is 18.4 Å². The molecule has 2 heteroatoms. The first kappa shape index (κ1) is 14.3. The fourth-order valence-corrected chi connectivity index (χ4v) is 16.3. The van der Waals surface area contributed by atoms with Gasteiger partial charge < -0.3 is 0 Å². The van der Waals surface area contributed by atoms with Crippen LogP contribution in [0.15, 0.2) is 0 Å². The average molecular weight is 335 g/mol. The van der Waals surface area contributed by atoms with Crippen molar-refractivity contribution in [2.45, 2.75) is 75.8 Å². The van der Waals surface area contributed by atoms with Crippen molar-refractivity contribution >= 4 is 27.6 Å². The topological polar surface area (TPSA) is 0 Å². The molecule has 0 saturated heterocycles. The molecule has 0 aromatic carbocycles. The molecular formula is C13H29PSn. The van der Waals surface area contributed by atoms with E-state index in [4.69, 9.17) is 0 Å². The van der Waals surface area contributed by atoms with E-state index in [-0.39, 0.29) is 0 Å². The molecule has 0 aliphatic heterocycles. The van der Waals surface area contributed by atoms with Crippen LogP contribution in [-0.4, -0.2) is 24.0 Å². The van der Waals surface area contributed by atoms with Crippen LogP contribution >= 0.6 is 9.24 Å². The van der Waals surface area contributed by atoms with Gasteiger partial charge in [-0.1, -0.05) is 0 Å². The summed E-state index contributed by atoms with van der Waals surface area (Å²) in [6.07, 6.45) is 10.4. The molecule has 0 spiro atoms. The van der Waals surface area contributed by atoms with Gasteiger partial charge in [-0.3, -0.25) is 0 Å². The maximum absolute atomic E-state index is 3.22. The van der Waals surface area contributed by atoms with Gasteiger partial charge in [-0.15, -0.1) is 0 Å². The molecule has 0 aromatic heterocycles. The molecule has 15 heavy (non-hydrogen) atoms. The summed E-state index contributed by atoms with van der Waals surface area (Å²) in [6, 6.07) is 0. The molecular weight excluding hydrogens is 306 g/mol. The molecule has 90 valence electrons. The van der Waals surface area contributed by atoms with E-state index in [1.807, 2.05) is 0 Å². The average Bonchev–Trinajstić information content (AvgIpc) is 2.17. The fraction of sp³-hybridized carbons (Fsp3) is 1.00. The van der Waals surface area contributed by atoms with Crippen LogP contribution in [0.3, 0.4) is 0 Å². The third kappa shape index (κ3) is 3.12. The Balaban J connectivity index is 2.84. The summed E-state index contributed by atoms with van der Waals surface area (Å²) in [6.45, 7) is 2.34. The second-order valence-electron chi connectivity index (χ2n) is 6.36. The molecule has 0 amide bonds. The van der Waals surface area contributed by atoms with E-state index in [1.165, 1.54) is 32.1 Å². The molecule has 2 atom stereocenters. The van der Waals surface area contributed by atoms with Gasteiger partial charge in [0.1, 0.15) is 0 Å². The Morgan fingerprint density at radius 1 is 1.13 bits per heavy atom. The first-order valence-electron chi connectivity index (χ1n) is 6.69. The zero-order chi connectivity index (χ0) is 11.5. The van der Waals surface area contributed by atoms with Crippen molar-refractivity contribution in [3.8, 4) is 0 Å². The molecule has 1 rings (SSSR count). The fourth-order valence-electron chi connectivity index (χ4n) is 3.45. The van der Waals surface area contributed by atoms with Crippen LogP contribution in [0.2, 0.25) is 18.2 Å². The van der Waals surface area contributed by atoms with Crippen LogP contribution in [0.1, 0.15) is 51.9 Å². The predicted octanol–water partition coefficient (Wildman–Crippen LogP) is 5.07. The van der Waals surface area contributed by atoms with E-state index in [0.29, 0.717) is 0 Å². The minimum atomic E-state index is -1.79. The van der Waals surface area contributed by atoms with Gasteiger partial charge in [-0.05, 0) is 0 Å². The number of hydrogen-bond donors (Lipinski definition) is 0. The standard InChI is InChI=1S/C10H20P.3CH3.Sn/c1-2-6-10(11)9-7-4-3-5-8-9;;;;/h10H,2-8,11H2,1H3;3*1H3;. The molecule has 1 fully saturated rings. The quantitative estimate of drug-likeness (QED) is 0.497. The van der Waals surface area contributed by atoms with Crippen LogP contribution < -0.4 is 0 Å². The zero-order valence-electron chi connectivity index (χ0n) is 11.1. The van der Waals surface area contributed by atoms with Gasteiger partial charge >= 0.3 is 103 Å². The Kier molecular flexibility index (Phi) is 5.44. The Bertz CT molecular complexity index is 189. The summed E-state index contributed by atoms with van der Waals surface area (Å²) in [5.74, 6) is 0.